The second-order valence-electron chi connectivity index (χ2n) is 6.24. The Morgan fingerprint density at radius 3 is 2.58 bits per heavy atom. The Kier molecular flexibility index (Phi) is 4.81. The molecule has 1 fully saturated rings. The smallest absolute Gasteiger partial charge is 0.0459 e. The predicted octanol–water partition coefficient (Wildman–Crippen LogP) is 4.91. The zero-order chi connectivity index (χ0) is 14.0. The van der Waals surface area contributed by atoms with Gasteiger partial charge in [0, 0.05) is 22.0 Å². The molecular weight excluding hydrogens is 277 g/mol. The summed E-state index contributed by atoms with van der Waals surface area (Å²) >= 11 is 12.4. The van der Waals surface area contributed by atoms with Crippen LogP contribution < -0.4 is 5.32 Å². The van der Waals surface area contributed by atoms with E-state index in [9.17, 15) is 0 Å². The molecule has 1 saturated carbocycles. The van der Waals surface area contributed by atoms with Crippen LogP contribution in [0.3, 0.4) is 0 Å². The summed E-state index contributed by atoms with van der Waals surface area (Å²) in [4.78, 5) is 0. The fourth-order valence-electron chi connectivity index (χ4n) is 3.02. The highest BCUT2D eigenvalue weighted by Crippen LogP contribution is 2.50. The highest BCUT2D eigenvalue weighted by Gasteiger charge is 2.45. The van der Waals surface area contributed by atoms with Crippen LogP contribution in [0.4, 0.5) is 0 Å². The van der Waals surface area contributed by atoms with Crippen molar-refractivity contribution in [1.29, 1.82) is 0 Å². The average Bonchev–Trinajstić information content (AvgIpc) is 2.33. The fourth-order valence-corrected chi connectivity index (χ4v) is 3.61. The number of nitrogens with one attached hydrogen (secondary N) is 1. The van der Waals surface area contributed by atoms with E-state index in [1.165, 1.54) is 18.4 Å². The molecule has 0 heterocycles. The molecule has 1 aromatic carbocycles. The van der Waals surface area contributed by atoms with Crippen molar-refractivity contribution in [3.05, 3.63) is 33.8 Å². The van der Waals surface area contributed by atoms with Gasteiger partial charge in [0.05, 0.1) is 0 Å². The van der Waals surface area contributed by atoms with Gasteiger partial charge in [-0.05, 0) is 48.9 Å². The monoisotopic (exact) mass is 299 g/mol. The van der Waals surface area contributed by atoms with E-state index in [1.54, 1.807) is 0 Å². The van der Waals surface area contributed by atoms with E-state index in [-0.39, 0.29) is 5.41 Å². The van der Waals surface area contributed by atoms with Gasteiger partial charge in [-0.25, -0.2) is 0 Å². The van der Waals surface area contributed by atoms with E-state index in [0.717, 1.165) is 18.1 Å². The molecular formula is C16H23Cl2N. The van der Waals surface area contributed by atoms with Crippen LogP contribution in [-0.2, 0) is 5.41 Å². The summed E-state index contributed by atoms with van der Waals surface area (Å²) in [5.41, 5.74) is 1.45. The second kappa shape index (κ2) is 6.03. The average molecular weight is 300 g/mol. The number of hydrogen-bond donors (Lipinski definition) is 1. The van der Waals surface area contributed by atoms with Gasteiger partial charge in [0.25, 0.3) is 0 Å². The van der Waals surface area contributed by atoms with Gasteiger partial charge >= 0.3 is 0 Å². The van der Waals surface area contributed by atoms with Crippen LogP contribution in [-0.4, -0.2) is 13.1 Å². The molecule has 1 N–H and O–H groups in total. The molecule has 2 rings (SSSR count). The Morgan fingerprint density at radius 1 is 1.37 bits per heavy atom. The minimum atomic E-state index is 0.191. The third-order valence-electron chi connectivity index (χ3n) is 4.43. The maximum Gasteiger partial charge on any atom is 0.0459 e. The Morgan fingerprint density at radius 2 is 2.11 bits per heavy atom. The lowest BCUT2D eigenvalue weighted by molar-refractivity contribution is 0.133. The number of benzene rings is 1. The van der Waals surface area contributed by atoms with Crippen LogP contribution in [0.25, 0.3) is 0 Å². The lowest BCUT2D eigenvalue weighted by atomic mass is 9.57. The first-order valence-corrected chi connectivity index (χ1v) is 7.87. The first-order valence-electron chi connectivity index (χ1n) is 7.12. The van der Waals surface area contributed by atoms with Gasteiger partial charge in [0.15, 0.2) is 0 Å². The Bertz CT molecular complexity index is 444. The van der Waals surface area contributed by atoms with Crippen molar-refractivity contribution in [3.63, 3.8) is 0 Å². The Hall–Kier alpha value is -0.240. The summed E-state index contributed by atoms with van der Waals surface area (Å²) in [7, 11) is 0. The van der Waals surface area contributed by atoms with Crippen LogP contribution in [0.15, 0.2) is 18.2 Å². The Labute approximate surface area is 126 Å². The maximum absolute atomic E-state index is 6.42. The molecule has 2 unspecified atom stereocenters. The fraction of sp³-hybridized carbons (Fsp3) is 0.625. The summed E-state index contributed by atoms with van der Waals surface area (Å²) in [6, 6.07) is 5.93. The lowest BCUT2D eigenvalue weighted by Crippen LogP contribution is -2.50. The maximum atomic E-state index is 6.42. The number of hydrogen-bond acceptors (Lipinski definition) is 1. The normalized spacial score (nSPS) is 26.5. The third-order valence-corrected chi connectivity index (χ3v) is 4.98. The number of rotatable bonds is 5. The van der Waals surface area contributed by atoms with Gasteiger partial charge in [0.1, 0.15) is 0 Å². The van der Waals surface area contributed by atoms with E-state index >= 15 is 0 Å². The summed E-state index contributed by atoms with van der Waals surface area (Å²) < 4.78 is 0. The predicted molar refractivity (Wildman–Crippen MR) is 84.2 cm³/mol. The lowest BCUT2D eigenvalue weighted by Gasteiger charge is -2.49. The quantitative estimate of drug-likeness (QED) is 0.815. The van der Waals surface area contributed by atoms with Crippen molar-refractivity contribution in [2.45, 2.75) is 39.0 Å². The summed E-state index contributed by atoms with van der Waals surface area (Å²) in [5.74, 6) is 1.35. The van der Waals surface area contributed by atoms with E-state index in [0.29, 0.717) is 16.9 Å². The van der Waals surface area contributed by atoms with Crippen molar-refractivity contribution >= 4 is 23.2 Å². The largest absolute Gasteiger partial charge is 0.316 e. The van der Waals surface area contributed by atoms with E-state index < -0.39 is 0 Å². The molecule has 0 radical (unpaired) electrons. The van der Waals surface area contributed by atoms with Gasteiger partial charge in [0.2, 0.25) is 0 Å². The van der Waals surface area contributed by atoms with Crippen molar-refractivity contribution in [2.24, 2.45) is 11.8 Å². The molecule has 0 spiro atoms. The van der Waals surface area contributed by atoms with Crippen LogP contribution in [0, 0.1) is 11.8 Å². The molecule has 0 bridgehead atoms. The standard InChI is InChI=1S/C16H23Cl2N/c1-11(2)9-19-10-16(7-6-12(16)3)14-5-4-13(17)8-15(14)18/h4-5,8,11-12,19H,6-7,9-10H2,1-3H3. The third kappa shape index (κ3) is 3.09. The van der Waals surface area contributed by atoms with Gasteiger partial charge in [-0.15, -0.1) is 0 Å². The van der Waals surface area contributed by atoms with Crippen molar-refractivity contribution < 1.29 is 0 Å². The topological polar surface area (TPSA) is 12.0 Å². The van der Waals surface area contributed by atoms with Crippen molar-refractivity contribution in [3.8, 4) is 0 Å². The first-order chi connectivity index (χ1) is 8.95. The molecule has 19 heavy (non-hydrogen) atoms. The minimum absolute atomic E-state index is 0.191. The summed E-state index contributed by atoms with van der Waals surface area (Å²) in [6.45, 7) is 8.86. The van der Waals surface area contributed by atoms with Crippen molar-refractivity contribution in [2.75, 3.05) is 13.1 Å². The molecule has 3 heteroatoms. The second-order valence-corrected chi connectivity index (χ2v) is 7.09. The van der Waals surface area contributed by atoms with Crippen LogP contribution in [0.5, 0.6) is 0 Å². The van der Waals surface area contributed by atoms with Crippen LogP contribution in [0.1, 0.15) is 39.2 Å². The molecule has 1 aromatic rings. The van der Waals surface area contributed by atoms with Crippen LogP contribution >= 0.6 is 23.2 Å². The molecule has 0 aromatic heterocycles. The van der Waals surface area contributed by atoms with E-state index in [1.807, 2.05) is 12.1 Å². The molecule has 1 aliphatic carbocycles. The molecule has 1 nitrogen and oxygen atoms in total. The van der Waals surface area contributed by atoms with E-state index in [2.05, 4.69) is 32.2 Å². The SMILES string of the molecule is CC(C)CNCC1(c2ccc(Cl)cc2Cl)CCC1C. The van der Waals surface area contributed by atoms with Gasteiger partial charge in [-0.2, -0.15) is 0 Å². The molecule has 106 valence electrons. The molecule has 0 saturated heterocycles. The van der Waals surface area contributed by atoms with E-state index in [4.69, 9.17) is 23.2 Å². The van der Waals surface area contributed by atoms with Gasteiger partial charge in [-0.1, -0.05) is 50.0 Å². The highest BCUT2D eigenvalue weighted by molar-refractivity contribution is 6.35. The summed E-state index contributed by atoms with van der Waals surface area (Å²) in [5, 5.41) is 5.13. The van der Waals surface area contributed by atoms with Gasteiger partial charge < -0.3 is 5.32 Å². The zero-order valence-electron chi connectivity index (χ0n) is 12.0. The Balaban J connectivity index is 2.19. The van der Waals surface area contributed by atoms with Gasteiger partial charge in [-0.3, -0.25) is 0 Å². The van der Waals surface area contributed by atoms with Crippen molar-refractivity contribution in [1.82, 2.24) is 5.32 Å². The summed E-state index contributed by atoms with van der Waals surface area (Å²) in [6.07, 6.45) is 2.49. The molecule has 0 amide bonds. The molecule has 1 aliphatic rings. The minimum Gasteiger partial charge on any atom is -0.316 e. The zero-order valence-corrected chi connectivity index (χ0v) is 13.5. The molecule has 0 aliphatic heterocycles. The highest BCUT2D eigenvalue weighted by atomic mass is 35.5. The van der Waals surface area contributed by atoms with Crippen LogP contribution in [0.2, 0.25) is 10.0 Å². The number of halogens is 2. The molecule has 2 atom stereocenters. The first kappa shape index (κ1) is 15.2.